The van der Waals surface area contributed by atoms with E-state index in [0.29, 0.717) is 30.3 Å². The molecule has 0 radical (unpaired) electrons. The second-order valence-corrected chi connectivity index (χ2v) is 9.03. The van der Waals surface area contributed by atoms with Crippen molar-refractivity contribution in [2.24, 2.45) is 0 Å². The Balaban J connectivity index is 1.52. The number of benzene rings is 1. The molecule has 1 aromatic carbocycles. The average molecular weight is 415 g/mol. The number of nitrogens with one attached hydrogen (secondary N) is 3. The van der Waals surface area contributed by atoms with Crippen LogP contribution in [-0.4, -0.2) is 44.7 Å². The molecule has 1 aromatic heterocycles. The van der Waals surface area contributed by atoms with E-state index in [4.69, 9.17) is 4.74 Å². The molecule has 0 unspecified atom stereocenters. The SMILES string of the molecule is Cc1ccc(NC(=O)c2c(NC(=O)C[NH+]3CCOCC3)sc3c2CCC3)c(C)c1. The van der Waals surface area contributed by atoms with Crippen molar-refractivity contribution < 1.29 is 19.2 Å². The van der Waals surface area contributed by atoms with Crippen LogP contribution in [0.1, 0.15) is 38.3 Å². The third kappa shape index (κ3) is 4.52. The van der Waals surface area contributed by atoms with Gasteiger partial charge in [0.2, 0.25) is 0 Å². The molecule has 2 amide bonds. The van der Waals surface area contributed by atoms with Crippen LogP contribution in [0.5, 0.6) is 0 Å². The number of fused-ring (bicyclic) bond motifs is 1. The number of thiophene rings is 1. The summed E-state index contributed by atoms with van der Waals surface area (Å²) in [6.45, 7) is 7.51. The molecule has 0 spiro atoms. The van der Waals surface area contributed by atoms with Crippen molar-refractivity contribution in [3.63, 3.8) is 0 Å². The Kier molecular flexibility index (Phi) is 5.99. The first-order chi connectivity index (χ1) is 14.0. The van der Waals surface area contributed by atoms with Crippen LogP contribution >= 0.6 is 11.3 Å². The number of aryl methyl sites for hydroxylation is 3. The van der Waals surface area contributed by atoms with Gasteiger partial charge in [0.1, 0.15) is 18.1 Å². The van der Waals surface area contributed by atoms with Crippen LogP contribution in [0, 0.1) is 13.8 Å². The average Bonchev–Trinajstić information content (AvgIpc) is 3.25. The number of ether oxygens (including phenoxy) is 1. The molecular weight excluding hydrogens is 386 g/mol. The molecule has 1 saturated heterocycles. The highest BCUT2D eigenvalue weighted by Crippen LogP contribution is 2.39. The van der Waals surface area contributed by atoms with Crippen molar-refractivity contribution >= 4 is 33.8 Å². The fourth-order valence-corrected chi connectivity index (χ4v) is 5.41. The Labute approximate surface area is 175 Å². The van der Waals surface area contributed by atoms with Gasteiger partial charge >= 0.3 is 0 Å². The van der Waals surface area contributed by atoms with Crippen LogP contribution in [0.4, 0.5) is 10.7 Å². The van der Waals surface area contributed by atoms with Gasteiger partial charge in [-0.25, -0.2) is 0 Å². The molecule has 7 heteroatoms. The van der Waals surface area contributed by atoms with Gasteiger partial charge in [-0.05, 0) is 50.3 Å². The van der Waals surface area contributed by atoms with Gasteiger partial charge in [-0.15, -0.1) is 11.3 Å². The standard InChI is InChI=1S/C22H27N3O3S/c1-14-6-7-17(15(2)12-14)23-21(27)20-16-4-3-5-18(16)29-22(20)24-19(26)13-25-8-10-28-11-9-25/h6-7,12H,3-5,8-11,13H2,1-2H3,(H,23,27)(H,24,26)/p+1. The normalized spacial score (nSPS) is 16.5. The summed E-state index contributed by atoms with van der Waals surface area (Å²) in [7, 11) is 0. The molecule has 1 aliphatic carbocycles. The maximum Gasteiger partial charge on any atom is 0.280 e. The van der Waals surface area contributed by atoms with Gasteiger partial charge in [0, 0.05) is 10.6 Å². The van der Waals surface area contributed by atoms with Gasteiger partial charge in [0.15, 0.2) is 6.54 Å². The number of carbonyl (C=O) groups is 2. The zero-order valence-corrected chi connectivity index (χ0v) is 17.8. The summed E-state index contributed by atoms with van der Waals surface area (Å²) in [6.07, 6.45) is 2.94. The van der Waals surface area contributed by atoms with E-state index in [1.807, 2.05) is 26.0 Å². The van der Waals surface area contributed by atoms with Gasteiger partial charge < -0.3 is 20.3 Å². The second kappa shape index (κ2) is 8.65. The van der Waals surface area contributed by atoms with Gasteiger partial charge in [0.05, 0.1) is 18.8 Å². The van der Waals surface area contributed by atoms with E-state index in [-0.39, 0.29) is 11.8 Å². The molecule has 2 aliphatic rings. The number of rotatable bonds is 5. The predicted octanol–water partition coefficient (Wildman–Crippen LogP) is 1.96. The molecule has 4 rings (SSSR count). The highest BCUT2D eigenvalue weighted by molar-refractivity contribution is 7.17. The van der Waals surface area contributed by atoms with Crippen molar-refractivity contribution in [2.45, 2.75) is 33.1 Å². The van der Waals surface area contributed by atoms with Crippen LogP contribution < -0.4 is 15.5 Å². The van der Waals surface area contributed by atoms with Crippen molar-refractivity contribution in [2.75, 3.05) is 43.5 Å². The zero-order valence-electron chi connectivity index (χ0n) is 17.0. The van der Waals surface area contributed by atoms with Crippen molar-refractivity contribution in [1.29, 1.82) is 0 Å². The summed E-state index contributed by atoms with van der Waals surface area (Å²) in [4.78, 5) is 28.3. The molecule has 0 atom stereocenters. The Morgan fingerprint density at radius 1 is 1.14 bits per heavy atom. The molecule has 29 heavy (non-hydrogen) atoms. The third-order valence-electron chi connectivity index (χ3n) is 5.64. The van der Waals surface area contributed by atoms with Gasteiger partial charge in [0.25, 0.3) is 11.8 Å². The lowest BCUT2D eigenvalue weighted by atomic mass is 10.1. The molecule has 1 aliphatic heterocycles. The van der Waals surface area contributed by atoms with Gasteiger partial charge in [-0.1, -0.05) is 17.7 Å². The van der Waals surface area contributed by atoms with E-state index in [2.05, 4.69) is 16.7 Å². The largest absolute Gasteiger partial charge is 0.370 e. The minimum atomic E-state index is -0.134. The quantitative estimate of drug-likeness (QED) is 0.700. The lowest BCUT2D eigenvalue weighted by molar-refractivity contribution is -0.899. The summed E-state index contributed by atoms with van der Waals surface area (Å²) in [5.41, 5.74) is 4.76. The number of hydrogen-bond acceptors (Lipinski definition) is 4. The smallest absolute Gasteiger partial charge is 0.280 e. The molecule has 0 bridgehead atoms. The number of morpholine rings is 1. The minimum Gasteiger partial charge on any atom is -0.370 e. The molecule has 2 heterocycles. The molecule has 3 N–H and O–H groups in total. The summed E-state index contributed by atoms with van der Waals surface area (Å²) >= 11 is 1.56. The second-order valence-electron chi connectivity index (χ2n) is 7.92. The first-order valence-corrected chi connectivity index (χ1v) is 11.1. The Morgan fingerprint density at radius 2 is 1.93 bits per heavy atom. The Bertz CT molecular complexity index is 932. The molecule has 1 fully saturated rings. The monoisotopic (exact) mass is 414 g/mol. The van der Waals surface area contributed by atoms with E-state index in [9.17, 15) is 9.59 Å². The highest BCUT2D eigenvalue weighted by atomic mass is 32.1. The number of quaternary nitrogens is 1. The minimum absolute atomic E-state index is 0.0395. The number of carbonyl (C=O) groups excluding carboxylic acids is 2. The molecule has 6 nitrogen and oxygen atoms in total. The lowest BCUT2D eigenvalue weighted by Crippen LogP contribution is -3.15. The topological polar surface area (TPSA) is 71.9 Å². The predicted molar refractivity (Wildman–Crippen MR) is 115 cm³/mol. The van der Waals surface area contributed by atoms with Crippen LogP contribution in [0.25, 0.3) is 0 Å². The van der Waals surface area contributed by atoms with Gasteiger partial charge in [-0.2, -0.15) is 0 Å². The number of hydrogen-bond donors (Lipinski definition) is 3. The zero-order chi connectivity index (χ0) is 20.4. The van der Waals surface area contributed by atoms with Crippen LogP contribution in [-0.2, 0) is 22.4 Å². The molecule has 0 saturated carbocycles. The Hall–Kier alpha value is -2.22. The van der Waals surface area contributed by atoms with E-state index < -0.39 is 0 Å². The first kappa shape index (κ1) is 20.1. The Morgan fingerprint density at radius 3 is 2.69 bits per heavy atom. The van der Waals surface area contributed by atoms with E-state index in [1.54, 1.807) is 11.3 Å². The van der Waals surface area contributed by atoms with Crippen LogP contribution in [0.3, 0.4) is 0 Å². The van der Waals surface area contributed by atoms with E-state index >= 15 is 0 Å². The third-order valence-corrected chi connectivity index (χ3v) is 6.85. The van der Waals surface area contributed by atoms with E-state index in [0.717, 1.165) is 54.7 Å². The maximum absolute atomic E-state index is 13.2. The van der Waals surface area contributed by atoms with Crippen molar-refractivity contribution in [3.05, 3.63) is 45.3 Å². The van der Waals surface area contributed by atoms with Gasteiger partial charge in [-0.3, -0.25) is 9.59 Å². The van der Waals surface area contributed by atoms with Crippen LogP contribution in [0.2, 0.25) is 0 Å². The summed E-state index contributed by atoms with van der Waals surface area (Å²) < 4.78 is 5.36. The lowest BCUT2D eigenvalue weighted by Gasteiger charge is -2.23. The first-order valence-electron chi connectivity index (χ1n) is 10.3. The molecule has 2 aromatic rings. The molecule has 154 valence electrons. The number of amides is 2. The van der Waals surface area contributed by atoms with Crippen LogP contribution in [0.15, 0.2) is 18.2 Å². The fourth-order valence-electron chi connectivity index (χ4n) is 4.11. The summed E-state index contributed by atoms with van der Waals surface area (Å²) in [6, 6.07) is 5.99. The van der Waals surface area contributed by atoms with E-state index in [1.165, 1.54) is 9.78 Å². The number of anilines is 2. The summed E-state index contributed by atoms with van der Waals surface area (Å²) in [5.74, 6) is -0.173. The van der Waals surface area contributed by atoms with Crippen molar-refractivity contribution in [3.8, 4) is 0 Å². The molecular formula is C22H28N3O3S+. The highest BCUT2D eigenvalue weighted by Gasteiger charge is 2.28. The summed E-state index contributed by atoms with van der Waals surface area (Å²) in [5, 5.41) is 6.78. The fraction of sp³-hybridized carbons (Fsp3) is 0.455. The van der Waals surface area contributed by atoms with Crippen molar-refractivity contribution in [1.82, 2.24) is 0 Å². The maximum atomic E-state index is 13.2.